The van der Waals surface area contributed by atoms with Gasteiger partial charge in [0.1, 0.15) is 19.0 Å². The first kappa shape index (κ1) is 16.2. The normalized spacial score (nSPS) is 10.1. The van der Waals surface area contributed by atoms with E-state index >= 15 is 0 Å². The lowest BCUT2D eigenvalue weighted by Gasteiger charge is -2.17. The van der Waals surface area contributed by atoms with Gasteiger partial charge in [-0.05, 0) is 17.7 Å². The summed E-state index contributed by atoms with van der Waals surface area (Å²) in [5, 5.41) is 0. The van der Waals surface area contributed by atoms with Crippen LogP contribution in [-0.4, -0.2) is 44.2 Å². The third-order valence-corrected chi connectivity index (χ3v) is 2.62. The highest BCUT2D eigenvalue weighted by atomic mass is 16.5. The Balaban J connectivity index is 2.42. The molecule has 20 heavy (non-hydrogen) atoms. The molecule has 0 bridgehead atoms. The van der Waals surface area contributed by atoms with Crippen molar-refractivity contribution < 1.29 is 14.3 Å². The molecule has 1 rings (SSSR count). The number of amides is 1. The van der Waals surface area contributed by atoms with Gasteiger partial charge in [-0.25, -0.2) is 0 Å². The lowest BCUT2D eigenvalue weighted by atomic mass is 10.2. The summed E-state index contributed by atoms with van der Waals surface area (Å²) in [5.74, 6) is 0.722. The first-order valence-electron chi connectivity index (χ1n) is 6.51. The molecule has 0 radical (unpaired) electrons. The summed E-state index contributed by atoms with van der Waals surface area (Å²) in [6.45, 7) is 5.49. The highest BCUT2D eigenvalue weighted by Gasteiger charge is 2.09. The Morgan fingerprint density at radius 1 is 1.40 bits per heavy atom. The van der Waals surface area contributed by atoms with Crippen LogP contribution in [0.5, 0.6) is 5.75 Å². The molecule has 0 aliphatic carbocycles. The molecular weight excluding hydrogens is 256 g/mol. The van der Waals surface area contributed by atoms with Crippen molar-refractivity contribution in [3.8, 4) is 5.75 Å². The van der Waals surface area contributed by atoms with Gasteiger partial charge in [-0.3, -0.25) is 4.79 Å². The summed E-state index contributed by atoms with van der Waals surface area (Å²) >= 11 is 0. The number of likely N-dealkylation sites (N-methyl/N-ethyl adjacent to an activating group) is 1. The maximum atomic E-state index is 11.8. The topological polar surface area (TPSA) is 64.8 Å². The van der Waals surface area contributed by atoms with Gasteiger partial charge in [0, 0.05) is 20.1 Å². The predicted molar refractivity (Wildman–Crippen MR) is 78.5 cm³/mol. The largest absolute Gasteiger partial charge is 0.490 e. The van der Waals surface area contributed by atoms with Gasteiger partial charge in [0.2, 0.25) is 5.91 Å². The summed E-state index contributed by atoms with van der Waals surface area (Å²) in [4.78, 5) is 13.4. The van der Waals surface area contributed by atoms with Gasteiger partial charge in [0.15, 0.2) is 0 Å². The minimum absolute atomic E-state index is 0.0637. The second-order valence-corrected chi connectivity index (χ2v) is 4.33. The molecule has 1 aromatic carbocycles. The average molecular weight is 278 g/mol. The van der Waals surface area contributed by atoms with E-state index in [-0.39, 0.29) is 12.5 Å². The van der Waals surface area contributed by atoms with Crippen LogP contribution >= 0.6 is 0 Å². The van der Waals surface area contributed by atoms with Crippen molar-refractivity contribution >= 4 is 5.91 Å². The molecule has 0 spiro atoms. The van der Waals surface area contributed by atoms with Gasteiger partial charge in [0.25, 0.3) is 0 Å². The molecular formula is C15H22N2O3. The minimum Gasteiger partial charge on any atom is -0.490 e. The van der Waals surface area contributed by atoms with Crippen molar-refractivity contribution in [2.24, 2.45) is 5.73 Å². The molecule has 0 fully saturated rings. The van der Waals surface area contributed by atoms with E-state index in [0.717, 1.165) is 11.3 Å². The molecule has 0 aliphatic heterocycles. The van der Waals surface area contributed by atoms with Crippen LogP contribution < -0.4 is 10.5 Å². The number of carbonyl (C=O) groups excluding carboxylic acids is 1. The van der Waals surface area contributed by atoms with Crippen molar-refractivity contribution in [2.45, 2.75) is 6.54 Å². The molecule has 2 N–H and O–H groups in total. The van der Waals surface area contributed by atoms with Crippen LogP contribution in [0.2, 0.25) is 0 Å². The second kappa shape index (κ2) is 9.12. The molecule has 1 aromatic rings. The van der Waals surface area contributed by atoms with Crippen LogP contribution in [0.3, 0.4) is 0 Å². The van der Waals surface area contributed by atoms with Crippen molar-refractivity contribution in [2.75, 3.05) is 33.4 Å². The van der Waals surface area contributed by atoms with Crippen molar-refractivity contribution in [1.82, 2.24) is 4.90 Å². The van der Waals surface area contributed by atoms with E-state index in [4.69, 9.17) is 15.2 Å². The van der Waals surface area contributed by atoms with Crippen LogP contribution in [0, 0.1) is 0 Å². The molecule has 0 unspecified atom stereocenters. The highest BCUT2D eigenvalue weighted by Crippen LogP contribution is 2.13. The van der Waals surface area contributed by atoms with E-state index < -0.39 is 0 Å². The first-order chi connectivity index (χ1) is 9.67. The molecule has 5 nitrogen and oxygen atoms in total. The fraction of sp³-hybridized carbons (Fsp3) is 0.400. The Morgan fingerprint density at radius 2 is 2.10 bits per heavy atom. The Labute approximate surface area is 120 Å². The molecule has 1 amide bonds. The van der Waals surface area contributed by atoms with Crippen LogP contribution in [0.15, 0.2) is 36.9 Å². The van der Waals surface area contributed by atoms with Gasteiger partial charge in [-0.2, -0.15) is 0 Å². The number of hydrogen-bond donors (Lipinski definition) is 1. The van der Waals surface area contributed by atoms with E-state index in [2.05, 4.69) is 6.58 Å². The van der Waals surface area contributed by atoms with Crippen molar-refractivity contribution in [1.29, 1.82) is 0 Å². The Bertz CT molecular complexity index is 418. The Morgan fingerprint density at radius 3 is 2.70 bits per heavy atom. The van der Waals surface area contributed by atoms with Gasteiger partial charge in [-0.1, -0.05) is 24.8 Å². The quantitative estimate of drug-likeness (QED) is 0.544. The number of nitrogens with two attached hydrogens (primary N) is 1. The maximum Gasteiger partial charge on any atom is 0.248 e. The van der Waals surface area contributed by atoms with Crippen LogP contribution in [0.25, 0.3) is 0 Å². The van der Waals surface area contributed by atoms with Crippen molar-refractivity contribution in [3.05, 3.63) is 42.5 Å². The standard InChI is InChI=1S/C15H22N2O3/c1-3-9-20-14-6-4-13(5-7-14)11-17(2)15(18)12-19-10-8-16/h3-7H,1,8-12,16H2,2H3. The van der Waals surface area contributed by atoms with E-state index in [9.17, 15) is 4.79 Å². The molecule has 110 valence electrons. The third kappa shape index (κ3) is 5.86. The Hall–Kier alpha value is -1.85. The molecule has 0 saturated heterocycles. The monoisotopic (exact) mass is 278 g/mol. The molecule has 0 atom stereocenters. The zero-order chi connectivity index (χ0) is 14.8. The summed E-state index contributed by atoms with van der Waals surface area (Å²) in [5.41, 5.74) is 6.33. The summed E-state index contributed by atoms with van der Waals surface area (Å²) < 4.78 is 10.5. The Kier molecular flexibility index (Phi) is 7.39. The molecule has 0 saturated carbocycles. The van der Waals surface area contributed by atoms with E-state index in [1.807, 2.05) is 24.3 Å². The molecule has 0 heterocycles. The molecule has 0 aromatic heterocycles. The fourth-order valence-corrected chi connectivity index (χ4v) is 1.56. The fourth-order valence-electron chi connectivity index (χ4n) is 1.56. The van der Waals surface area contributed by atoms with Crippen LogP contribution in [0.1, 0.15) is 5.56 Å². The second-order valence-electron chi connectivity index (χ2n) is 4.33. The van der Waals surface area contributed by atoms with E-state index in [0.29, 0.717) is 26.3 Å². The zero-order valence-corrected chi connectivity index (χ0v) is 11.9. The number of benzene rings is 1. The summed E-state index contributed by atoms with van der Waals surface area (Å²) in [7, 11) is 1.75. The lowest BCUT2D eigenvalue weighted by Crippen LogP contribution is -2.30. The molecule has 5 heteroatoms. The minimum atomic E-state index is -0.0644. The SMILES string of the molecule is C=CCOc1ccc(CN(C)C(=O)COCCN)cc1. The van der Waals surface area contributed by atoms with E-state index in [1.54, 1.807) is 18.0 Å². The number of carbonyl (C=O) groups is 1. The highest BCUT2D eigenvalue weighted by molar-refractivity contribution is 5.77. The number of hydrogen-bond acceptors (Lipinski definition) is 4. The van der Waals surface area contributed by atoms with E-state index in [1.165, 1.54) is 0 Å². The number of ether oxygens (including phenoxy) is 2. The van der Waals surface area contributed by atoms with Gasteiger partial charge in [0.05, 0.1) is 6.61 Å². The predicted octanol–water partition coefficient (Wildman–Crippen LogP) is 1.19. The van der Waals surface area contributed by atoms with Gasteiger partial charge >= 0.3 is 0 Å². The van der Waals surface area contributed by atoms with Crippen LogP contribution in [-0.2, 0) is 16.1 Å². The van der Waals surface area contributed by atoms with Gasteiger partial charge in [-0.15, -0.1) is 0 Å². The van der Waals surface area contributed by atoms with Gasteiger partial charge < -0.3 is 20.1 Å². The lowest BCUT2D eigenvalue weighted by molar-refractivity contribution is -0.135. The molecule has 0 aliphatic rings. The first-order valence-corrected chi connectivity index (χ1v) is 6.51. The smallest absolute Gasteiger partial charge is 0.248 e. The summed E-state index contributed by atoms with van der Waals surface area (Å²) in [6, 6.07) is 7.62. The zero-order valence-electron chi connectivity index (χ0n) is 11.9. The van der Waals surface area contributed by atoms with Crippen LogP contribution in [0.4, 0.5) is 0 Å². The maximum absolute atomic E-state index is 11.8. The number of rotatable bonds is 9. The summed E-state index contributed by atoms with van der Waals surface area (Å²) in [6.07, 6.45) is 1.70. The average Bonchev–Trinajstić information content (AvgIpc) is 2.46. The van der Waals surface area contributed by atoms with Crippen molar-refractivity contribution in [3.63, 3.8) is 0 Å². The number of nitrogens with zero attached hydrogens (tertiary/aromatic N) is 1. The third-order valence-electron chi connectivity index (χ3n) is 2.62.